The highest BCUT2D eigenvalue weighted by Gasteiger charge is 2.09. The molecule has 0 bridgehead atoms. The number of amides is 2. The maximum absolute atomic E-state index is 11.0. The van der Waals surface area contributed by atoms with E-state index >= 15 is 0 Å². The van der Waals surface area contributed by atoms with Crippen LogP contribution >= 0.6 is 11.8 Å². The molecule has 12 heavy (non-hydrogen) atoms. The van der Waals surface area contributed by atoms with E-state index in [0.29, 0.717) is 5.17 Å². The quantitative estimate of drug-likeness (QED) is 0.601. The largest absolute Gasteiger partial charge is 0.364 e. The van der Waals surface area contributed by atoms with E-state index in [1.807, 2.05) is 0 Å². The molecule has 0 spiro atoms. The number of aliphatic imine (C=N–C) groups is 1. The first-order valence-corrected chi connectivity index (χ1v) is 4.52. The van der Waals surface area contributed by atoms with Gasteiger partial charge in [-0.05, 0) is 0 Å². The molecule has 0 aliphatic carbocycles. The summed E-state index contributed by atoms with van der Waals surface area (Å²) in [6, 6.07) is -0.273. The van der Waals surface area contributed by atoms with Crippen molar-refractivity contribution < 1.29 is 9.53 Å². The Morgan fingerprint density at radius 1 is 1.83 bits per heavy atom. The van der Waals surface area contributed by atoms with E-state index in [4.69, 9.17) is 0 Å². The molecule has 1 rings (SSSR count). The Morgan fingerprint density at radius 3 is 3.25 bits per heavy atom. The Bertz CT molecular complexity index is 195. The van der Waals surface area contributed by atoms with Gasteiger partial charge in [-0.15, -0.1) is 0 Å². The summed E-state index contributed by atoms with van der Waals surface area (Å²) in [5, 5.41) is 5.77. The smallest absolute Gasteiger partial charge is 0.322 e. The highest BCUT2D eigenvalue weighted by Crippen LogP contribution is 2.08. The van der Waals surface area contributed by atoms with E-state index in [0.717, 1.165) is 12.3 Å². The summed E-state index contributed by atoms with van der Waals surface area (Å²) < 4.78 is 4.66. The van der Waals surface area contributed by atoms with Gasteiger partial charge in [0.05, 0.1) is 6.54 Å². The zero-order valence-corrected chi connectivity index (χ0v) is 7.61. The van der Waals surface area contributed by atoms with Gasteiger partial charge in [0.25, 0.3) is 0 Å². The molecule has 0 aromatic rings. The first kappa shape index (κ1) is 9.34. The molecule has 1 aliphatic rings. The van der Waals surface area contributed by atoms with Crippen LogP contribution < -0.4 is 10.6 Å². The van der Waals surface area contributed by atoms with Gasteiger partial charge < -0.3 is 10.1 Å². The van der Waals surface area contributed by atoms with Crippen LogP contribution in [-0.4, -0.2) is 37.3 Å². The Morgan fingerprint density at radius 2 is 2.67 bits per heavy atom. The molecular weight excluding hydrogens is 178 g/mol. The summed E-state index contributed by atoms with van der Waals surface area (Å²) in [6.45, 7) is 0.994. The minimum absolute atomic E-state index is 0.212. The van der Waals surface area contributed by atoms with Crippen LogP contribution in [-0.2, 0) is 4.74 Å². The van der Waals surface area contributed by atoms with Crippen molar-refractivity contribution >= 4 is 23.0 Å². The first-order chi connectivity index (χ1) is 5.83. The zero-order valence-electron chi connectivity index (χ0n) is 6.79. The van der Waals surface area contributed by atoms with Crippen molar-refractivity contribution in [1.29, 1.82) is 0 Å². The van der Waals surface area contributed by atoms with Gasteiger partial charge in [-0.2, -0.15) is 0 Å². The molecule has 1 heterocycles. The third kappa shape index (κ3) is 3.10. The van der Waals surface area contributed by atoms with Crippen molar-refractivity contribution in [3.8, 4) is 0 Å². The SMILES string of the molecule is COCNC(=O)NC1=NCCS1. The van der Waals surface area contributed by atoms with Crippen molar-refractivity contribution in [2.75, 3.05) is 26.1 Å². The Labute approximate surface area is 75.0 Å². The number of thioether (sulfide) groups is 1. The lowest BCUT2D eigenvalue weighted by atomic mass is 10.8. The van der Waals surface area contributed by atoms with Crippen LogP contribution in [0.25, 0.3) is 0 Å². The molecule has 0 fully saturated rings. The minimum atomic E-state index is -0.273. The van der Waals surface area contributed by atoms with Crippen molar-refractivity contribution in [2.45, 2.75) is 0 Å². The molecule has 0 aromatic heterocycles. The minimum Gasteiger partial charge on any atom is -0.364 e. The van der Waals surface area contributed by atoms with Gasteiger partial charge in [-0.1, -0.05) is 11.8 Å². The molecule has 2 amide bonds. The van der Waals surface area contributed by atoms with Crippen LogP contribution in [0.2, 0.25) is 0 Å². The summed E-state index contributed by atoms with van der Waals surface area (Å²) in [7, 11) is 1.52. The third-order valence-electron chi connectivity index (χ3n) is 1.18. The van der Waals surface area contributed by atoms with Gasteiger partial charge in [0, 0.05) is 12.9 Å². The van der Waals surface area contributed by atoms with Gasteiger partial charge in [-0.3, -0.25) is 10.3 Å². The average Bonchev–Trinajstić information content (AvgIpc) is 2.53. The van der Waals surface area contributed by atoms with E-state index in [9.17, 15) is 4.79 Å². The van der Waals surface area contributed by atoms with Crippen molar-refractivity contribution in [3.05, 3.63) is 0 Å². The predicted molar refractivity (Wildman–Crippen MR) is 48.3 cm³/mol. The number of hydrogen-bond acceptors (Lipinski definition) is 4. The molecule has 1 aliphatic heterocycles. The van der Waals surface area contributed by atoms with Gasteiger partial charge in [-0.25, -0.2) is 4.79 Å². The molecular formula is C6H11N3O2S. The highest BCUT2D eigenvalue weighted by atomic mass is 32.2. The second kappa shape index (κ2) is 5.00. The van der Waals surface area contributed by atoms with Crippen LogP contribution in [0.1, 0.15) is 0 Å². The van der Waals surface area contributed by atoms with Crippen molar-refractivity contribution in [1.82, 2.24) is 10.6 Å². The molecule has 6 heteroatoms. The highest BCUT2D eigenvalue weighted by molar-refractivity contribution is 8.14. The molecule has 68 valence electrons. The number of carbonyl (C=O) groups excluding carboxylic acids is 1. The Hall–Kier alpha value is -0.750. The molecule has 0 atom stereocenters. The number of methoxy groups -OCH3 is 1. The van der Waals surface area contributed by atoms with E-state index in [-0.39, 0.29) is 12.8 Å². The number of carbonyl (C=O) groups is 1. The lowest BCUT2D eigenvalue weighted by Gasteiger charge is -2.04. The Balaban J connectivity index is 2.17. The molecule has 0 aromatic carbocycles. The van der Waals surface area contributed by atoms with Gasteiger partial charge in [0.15, 0.2) is 5.17 Å². The van der Waals surface area contributed by atoms with Crippen LogP contribution in [0.3, 0.4) is 0 Å². The fourth-order valence-electron chi connectivity index (χ4n) is 0.690. The fourth-order valence-corrected chi connectivity index (χ4v) is 1.41. The van der Waals surface area contributed by atoms with Crippen LogP contribution in [0, 0.1) is 0 Å². The van der Waals surface area contributed by atoms with Crippen LogP contribution in [0.4, 0.5) is 4.79 Å². The van der Waals surface area contributed by atoms with Gasteiger partial charge >= 0.3 is 6.03 Å². The van der Waals surface area contributed by atoms with Gasteiger partial charge in [0.2, 0.25) is 0 Å². The number of hydrogen-bond donors (Lipinski definition) is 2. The number of nitrogens with zero attached hydrogens (tertiary/aromatic N) is 1. The van der Waals surface area contributed by atoms with E-state index in [1.54, 1.807) is 11.8 Å². The standard InChI is InChI=1S/C6H11N3O2S/c1-11-4-8-5(10)9-6-7-2-3-12-6/h2-4H2,1H3,(H2,7,8,9,10). The third-order valence-corrected chi connectivity index (χ3v) is 2.07. The maximum Gasteiger partial charge on any atom is 0.322 e. The first-order valence-electron chi connectivity index (χ1n) is 3.54. The summed E-state index contributed by atoms with van der Waals surface area (Å²) in [6.07, 6.45) is 0. The van der Waals surface area contributed by atoms with Crippen LogP contribution in [0.5, 0.6) is 0 Å². The van der Waals surface area contributed by atoms with E-state index < -0.39 is 0 Å². The predicted octanol–water partition coefficient (Wildman–Crippen LogP) is -0.00770. The monoisotopic (exact) mass is 189 g/mol. The molecule has 0 saturated carbocycles. The normalized spacial score (nSPS) is 15.6. The number of urea groups is 1. The molecule has 2 N–H and O–H groups in total. The summed E-state index contributed by atoms with van der Waals surface area (Å²) in [5.41, 5.74) is 0. The molecule has 0 saturated heterocycles. The zero-order chi connectivity index (χ0) is 8.81. The molecule has 0 unspecified atom stereocenters. The second-order valence-electron chi connectivity index (χ2n) is 2.10. The lowest BCUT2D eigenvalue weighted by Crippen LogP contribution is -2.38. The number of ether oxygens (including phenoxy) is 1. The average molecular weight is 189 g/mol. The lowest BCUT2D eigenvalue weighted by molar-refractivity contribution is 0.174. The van der Waals surface area contributed by atoms with E-state index in [2.05, 4.69) is 20.4 Å². The molecule has 0 radical (unpaired) electrons. The number of nitrogens with one attached hydrogen (secondary N) is 2. The number of rotatable bonds is 2. The van der Waals surface area contributed by atoms with Crippen molar-refractivity contribution in [2.24, 2.45) is 4.99 Å². The topological polar surface area (TPSA) is 62.7 Å². The maximum atomic E-state index is 11.0. The second-order valence-corrected chi connectivity index (χ2v) is 3.18. The summed E-state index contributed by atoms with van der Waals surface area (Å²) in [5.74, 6) is 0.944. The summed E-state index contributed by atoms with van der Waals surface area (Å²) in [4.78, 5) is 15.0. The number of amidine groups is 1. The molecule has 5 nitrogen and oxygen atoms in total. The van der Waals surface area contributed by atoms with E-state index in [1.165, 1.54) is 7.11 Å². The van der Waals surface area contributed by atoms with Crippen molar-refractivity contribution in [3.63, 3.8) is 0 Å². The van der Waals surface area contributed by atoms with Gasteiger partial charge in [0.1, 0.15) is 6.73 Å². The summed E-state index contributed by atoms with van der Waals surface area (Å²) >= 11 is 1.54. The fraction of sp³-hybridized carbons (Fsp3) is 0.667. The Kier molecular flexibility index (Phi) is 3.89. The van der Waals surface area contributed by atoms with Crippen LogP contribution in [0.15, 0.2) is 4.99 Å².